The summed E-state index contributed by atoms with van der Waals surface area (Å²) in [4.78, 5) is 0.282. The third kappa shape index (κ3) is 3.15. The van der Waals surface area contributed by atoms with Crippen molar-refractivity contribution in [2.24, 2.45) is 11.7 Å². The summed E-state index contributed by atoms with van der Waals surface area (Å²) in [5.74, 6) is 1.35. The summed E-state index contributed by atoms with van der Waals surface area (Å²) in [5.41, 5.74) is 6.50. The number of hydrogen-bond acceptors (Lipinski definition) is 5. The predicted octanol–water partition coefficient (Wildman–Crippen LogP) is 1.89. The summed E-state index contributed by atoms with van der Waals surface area (Å²) in [5, 5.41) is 0. The Balaban J connectivity index is 0.00000192. The number of rotatable bonds is 3. The Morgan fingerprint density at radius 3 is 2.61 bits per heavy atom. The number of nitrogens with two attached hydrogens (primary N) is 1. The molecule has 3 rings (SSSR count). The van der Waals surface area contributed by atoms with Gasteiger partial charge >= 0.3 is 0 Å². The first-order valence-corrected chi connectivity index (χ1v) is 9.01. The van der Waals surface area contributed by atoms with Crippen LogP contribution in [0.4, 0.5) is 0 Å². The highest BCUT2D eigenvalue weighted by Crippen LogP contribution is 2.38. The second kappa shape index (κ2) is 6.84. The molecule has 130 valence electrons. The molecule has 0 aromatic heterocycles. The maximum absolute atomic E-state index is 13.1. The molecule has 0 aliphatic carbocycles. The molecule has 6 nitrogen and oxygen atoms in total. The van der Waals surface area contributed by atoms with Crippen LogP contribution in [0.5, 0.6) is 11.5 Å². The van der Waals surface area contributed by atoms with E-state index in [9.17, 15) is 8.42 Å². The molecular formula is C15H23ClN2O4S. The Labute approximate surface area is 143 Å². The largest absolute Gasteiger partial charge is 0.454 e. The van der Waals surface area contributed by atoms with Gasteiger partial charge in [-0.1, -0.05) is 6.92 Å². The minimum Gasteiger partial charge on any atom is -0.454 e. The van der Waals surface area contributed by atoms with Crippen molar-refractivity contribution in [2.45, 2.75) is 37.6 Å². The molecule has 2 atom stereocenters. The van der Waals surface area contributed by atoms with Gasteiger partial charge in [0.1, 0.15) is 0 Å². The van der Waals surface area contributed by atoms with E-state index in [1.807, 2.05) is 0 Å². The number of sulfonamides is 1. The highest BCUT2D eigenvalue weighted by molar-refractivity contribution is 7.89. The van der Waals surface area contributed by atoms with Gasteiger partial charge in [-0.3, -0.25) is 0 Å². The van der Waals surface area contributed by atoms with Crippen LogP contribution in [-0.4, -0.2) is 38.6 Å². The topological polar surface area (TPSA) is 81.9 Å². The summed E-state index contributed by atoms with van der Waals surface area (Å²) >= 11 is 0. The van der Waals surface area contributed by atoms with Crippen molar-refractivity contribution in [1.29, 1.82) is 0 Å². The molecule has 0 radical (unpaired) electrons. The molecule has 2 N–H and O–H groups in total. The van der Waals surface area contributed by atoms with Gasteiger partial charge in [-0.2, -0.15) is 4.31 Å². The Bertz CT molecular complexity index is 680. The van der Waals surface area contributed by atoms with E-state index in [1.54, 1.807) is 23.4 Å². The van der Waals surface area contributed by atoms with Crippen LogP contribution in [0.3, 0.4) is 0 Å². The number of halogens is 1. The van der Waals surface area contributed by atoms with E-state index in [-0.39, 0.29) is 36.1 Å². The summed E-state index contributed by atoms with van der Waals surface area (Å²) < 4.78 is 38.4. The quantitative estimate of drug-likeness (QED) is 0.887. The van der Waals surface area contributed by atoms with E-state index in [2.05, 4.69) is 6.92 Å². The number of fused-ring (bicyclic) bond motifs is 1. The van der Waals surface area contributed by atoms with Gasteiger partial charge in [0.2, 0.25) is 16.8 Å². The average molecular weight is 363 g/mol. The molecule has 0 spiro atoms. The maximum atomic E-state index is 13.1. The molecule has 0 bridgehead atoms. The Kier molecular flexibility index (Phi) is 5.45. The molecule has 2 aliphatic heterocycles. The molecule has 2 heterocycles. The van der Waals surface area contributed by atoms with Crippen LogP contribution in [0.25, 0.3) is 0 Å². The van der Waals surface area contributed by atoms with Gasteiger partial charge in [-0.25, -0.2) is 8.42 Å². The summed E-state index contributed by atoms with van der Waals surface area (Å²) in [6, 6.07) is 3.14. The molecule has 0 saturated carbocycles. The smallest absolute Gasteiger partial charge is 0.243 e. The molecule has 1 fully saturated rings. The van der Waals surface area contributed by atoms with Crippen molar-refractivity contribution in [3.63, 3.8) is 0 Å². The predicted molar refractivity (Wildman–Crippen MR) is 89.7 cm³/mol. The first-order valence-electron chi connectivity index (χ1n) is 7.57. The lowest BCUT2D eigenvalue weighted by Crippen LogP contribution is -2.51. The Hall–Kier alpha value is -1.02. The van der Waals surface area contributed by atoms with E-state index >= 15 is 0 Å². The number of ether oxygens (including phenoxy) is 2. The van der Waals surface area contributed by atoms with E-state index in [1.165, 1.54) is 0 Å². The van der Waals surface area contributed by atoms with Crippen LogP contribution in [0, 0.1) is 12.8 Å². The average Bonchev–Trinajstić information content (AvgIpc) is 2.93. The van der Waals surface area contributed by atoms with Crippen LogP contribution in [-0.2, 0) is 10.0 Å². The Morgan fingerprint density at radius 1 is 1.30 bits per heavy atom. The van der Waals surface area contributed by atoms with Crippen molar-refractivity contribution < 1.29 is 17.9 Å². The Morgan fingerprint density at radius 2 is 1.96 bits per heavy atom. The van der Waals surface area contributed by atoms with Crippen LogP contribution < -0.4 is 15.2 Å². The highest BCUT2D eigenvalue weighted by Gasteiger charge is 2.37. The lowest BCUT2D eigenvalue weighted by atomic mass is 9.93. The van der Waals surface area contributed by atoms with Crippen LogP contribution in [0.1, 0.15) is 25.3 Å². The zero-order chi connectivity index (χ0) is 15.9. The maximum Gasteiger partial charge on any atom is 0.243 e. The highest BCUT2D eigenvalue weighted by atomic mass is 35.5. The van der Waals surface area contributed by atoms with Gasteiger partial charge in [0.05, 0.1) is 4.90 Å². The van der Waals surface area contributed by atoms with Crippen molar-refractivity contribution >= 4 is 22.4 Å². The molecule has 1 aromatic rings. The van der Waals surface area contributed by atoms with Gasteiger partial charge in [0.15, 0.2) is 11.5 Å². The van der Waals surface area contributed by atoms with E-state index < -0.39 is 10.0 Å². The van der Waals surface area contributed by atoms with Gasteiger partial charge in [0, 0.05) is 25.2 Å². The van der Waals surface area contributed by atoms with Gasteiger partial charge in [0.25, 0.3) is 0 Å². The molecule has 0 amide bonds. The van der Waals surface area contributed by atoms with E-state index in [4.69, 9.17) is 15.2 Å². The molecular weight excluding hydrogens is 340 g/mol. The SMILES string of the molecule is Cc1cc2c(cc1S(=O)(=O)N1CCCC(C)C1CN)OCO2.Cl. The minimum absolute atomic E-state index is 0. The van der Waals surface area contributed by atoms with Crippen molar-refractivity contribution in [2.75, 3.05) is 19.9 Å². The number of nitrogens with zero attached hydrogens (tertiary/aromatic N) is 1. The number of piperidine rings is 1. The normalized spacial score (nSPS) is 24.3. The molecule has 8 heteroatoms. The molecule has 23 heavy (non-hydrogen) atoms. The molecule has 1 saturated heterocycles. The summed E-state index contributed by atoms with van der Waals surface area (Å²) in [6.07, 6.45) is 1.87. The lowest BCUT2D eigenvalue weighted by Gasteiger charge is -2.38. The standard InChI is InChI=1S/C15H22N2O4S.ClH/c1-10-4-3-5-17(12(10)8-16)22(18,19)15-7-14-13(6-11(15)2)20-9-21-14;/h6-7,10,12H,3-5,8-9,16H2,1-2H3;1H. The van der Waals surface area contributed by atoms with Crippen LogP contribution >= 0.6 is 12.4 Å². The van der Waals surface area contributed by atoms with Crippen LogP contribution in [0.15, 0.2) is 17.0 Å². The van der Waals surface area contributed by atoms with Gasteiger partial charge in [-0.15, -0.1) is 12.4 Å². The number of hydrogen-bond donors (Lipinski definition) is 1. The third-order valence-corrected chi connectivity index (χ3v) is 6.63. The second-order valence-electron chi connectivity index (χ2n) is 6.01. The summed E-state index contributed by atoms with van der Waals surface area (Å²) in [6.45, 7) is 4.82. The summed E-state index contributed by atoms with van der Waals surface area (Å²) in [7, 11) is -3.59. The second-order valence-corrected chi connectivity index (χ2v) is 7.87. The lowest BCUT2D eigenvalue weighted by molar-refractivity contribution is 0.173. The van der Waals surface area contributed by atoms with Crippen molar-refractivity contribution in [3.05, 3.63) is 17.7 Å². The van der Waals surface area contributed by atoms with Crippen molar-refractivity contribution in [1.82, 2.24) is 4.31 Å². The fraction of sp³-hybridized carbons (Fsp3) is 0.600. The fourth-order valence-electron chi connectivity index (χ4n) is 3.29. The van der Waals surface area contributed by atoms with E-state index in [0.29, 0.717) is 30.2 Å². The number of aryl methyl sites for hydroxylation is 1. The minimum atomic E-state index is -3.59. The van der Waals surface area contributed by atoms with E-state index in [0.717, 1.165) is 12.8 Å². The fourth-order valence-corrected chi connectivity index (χ4v) is 5.28. The van der Waals surface area contributed by atoms with Gasteiger partial charge < -0.3 is 15.2 Å². The first-order chi connectivity index (χ1) is 10.4. The molecule has 1 aromatic carbocycles. The first kappa shape index (κ1) is 18.3. The molecule has 2 aliphatic rings. The third-order valence-electron chi connectivity index (χ3n) is 4.56. The molecule has 2 unspecified atom stereocenters. The van der Waals surface area contributed by atoms with Crippen LogP contribution in [0.2, 0.25) is 0 Å². The van der Waals surface area contributed by atoms with Gasteiger partial charge in [-0.05, 0) is 37.3 Å². The monoisotopic (exact) mass is 362 g/mol. The zero-order valence-corrected chi connectivity index (χ0v) is 15.0. The zero-order valence-electron chi connectivity index (χ0n) is 13.3. The van der Waals surface area contributed by atoms with Crippen molar-refractivity contribution in [3.8, 4) is 11.5 Å². The number of benzene rings is 1.